The number of Topliss-reactive ketones (excluding diaryl/α,β-unsaturated/α-hetero) is 1. The monoisotopic (exact) mass is 706 g/mol. The Kier molecular flexibility index (Phi) is 12.6. The van der Waals surface area contributed by atoms with Crippen molar-refractivity contribution in [3.63, 3.8) is 0 Å². The number of likely N-dealkylation sites (tertiary alicyclic amines) is 1. The molecule has 4 bridgehead atoms. The van der Waals surface area contributed by atoms with Crippen molar-refractivity contribution in [1.29, 1.82) is 0 Å². The van der Waals surface area contributed by atoms with E-state index in [4.69, 9.17) is 0 Å². The number of hydrogen-bond acceptors (Lipinski definition) is 8. The Bertz CT molecular complexity index is 1300. The van der Waals surface area contributed by atoms with Crippen molar-refractivity contribution in [3.8, 4) is 0 Å². The molecule has 0 aromatic rings. The van der Waals surface area contributed by atoms with Crippen LogP contribution in [-0.4, -0.2) is 92.5 Å². The van der Waals surface area contributed by atoms with Crippen molar-refractivity contribution in [2.24, 2.45) is 29.6 Å². The first-order chi connectivity index (χ1) is 22.5. The van der Waals surface area contributed by atoms with Crippen LogP contribution in [0.3, 0.4) is 0 Å². The average Bonchev–Trinajstić information content (AvgIpc) is 3.50. The van der Waals surface area contributed by atoms with Gasteiger partial charge in [-0.05, 0) is 93.8 Å². The number of halogens is 3. The summed E-state index contributed by atoms with van der Waals surface area (Å²) in [6, 6.07) is -4.22. The van der Waals surface area contributed by atoms with Gasteiger partial charge in [0.15, 0.2) is 0 Å². The van der Waals surface area contributed by atoms with Crippen LogP contribution in [-0.2, 0) is 38.7 Å². The molecule has 16 heteroatoms. The third-order valence-electron chi connectivity index (χ3n) is 10.5. The second-order valence-corrected chi connectivity index (χ2v) is 16.2. The molecule has 4 aliphatic carbocycles. The molecule has 3 atom stereocenters. The molecule has 3 amide bonds. The van der Waals surface area contributed by atoms with Gasteiger partial charge in [-0.25, -0.2) is 13.1 Å². The number of carbonyl (C=O) groups excluding carboxylic acids is 5. The van der Waals surface area contributed by atoms with Crippen LogP contribution >= 0.6 is 0 Å². The van der Waals surface area contributed by atoms with Gasteiger partial charge < -0.3 is 20.3 Å². The van der Waals surface area contributed by atoms with E-state index in [1.54, 1.807) is 0 Å². The van der Waals surface area contributed by atoms with Crippen molar-refractivity contribution in [1.82, 2.24) is 20.3 Å². The Morgan fingerprint density at radius 3 is 2.12 bits per heavy atom. The van der Waals surface area contributed by atoms with Crippen molar-refractivity contribution in [2.45, 2.75) is 120 Å². The van der Waals surface area contributed by atoms with Gasteiger partial charge in [0.2, 0.25) is 27.7 Å². The highest BCUT2D eigenvalue weighted by Crippen LogP contribution is 2.55. The van der Waals surface area contributed by atoms with Crippen molar-refractivity contribution in [3.05, 3.63) is 0 Å². The number of ketones is 1. The van der Waals surface area contributed by atoms with Crippen LogP contribution in [0.1, 0.15) is 90.9 Å². The lowest BCUT2D eigenvalue weighted by Gasteiger charge is -2.53. The van der Waals surface area contributed by atoms with E-state index in [1.807, 2.05) is 0 Å². The standard InChI is InChI=1S/C32H49F3N4O8S/c1-18(2)27(29(42)32(33,34)35)37-30(43)24-8-6-12-39(24)31(44)23(7-4-5-11-36-25(40)9-10-26(41)47-3)38-48(45,46)28-21-14-19-13-20(16-21)17-22(28)15-19/h18-24,27-28,38H,4-17H2,1-3H3,(H,36,40)(H,37,43)/t19?,20?,21?,22?,23-,24-,27-,28?/m0/s1. The Labute approximate surface area is 280 Å². The van der Waals surface area contributed by atoms with Crippen LogP contribution in [0.15, 0.2) is 0 Å². The molecule has 1 heterocycles. The highest BCUT2D eigenvalue weighted by atomic mass is 32.2. The number of unbranched alkanes of at least 4 members (excludes halogenated alkanes) is 1. The highest BCUT2D eigenvalue weighted by Gasteiger charge is 2.54. The minimum absolute atomic E-state index is 0.0131. The van der Waals surface area contributed by atoms with Crippen LogP contribution in [0.5, 0.6) is 0 Å². The van der Waals surface area contributed by atoms with E-state index < -0.39 is 69.1 Å². The third kappa shape index (κ3) is 9.27. The second-order valence-electron chi connectivity index (χ2n) is 14.3. The summed E-state index contributed by atoms with van der Waals surface area (Å²) in [5.74, 6) is -4.28. The van der Waals surface area contributed by atoms with Gasteiger partial charge in [-0.1, -0.05) is 13.8 Å². The molecule has 5 fully saturated rings. The van der Waals surface area contributed by atoms with Crippen LogP contribution in [0, 0.1) is 29.6 Å². The van der Waals surface area contributed by atoms with Gasteiger partial charge in [-0.2, -0.15) is 13.2 Å². The number of amides is 3. The maximum absolute atomic E-state index is 14.0. The molecule has 12 nitrogen and oxygen atoms in total. The number of nitrogens with zero attached hydrogens (tertiary/aromatic N) is 1. The quantitative estimate of drug-likeness (QED) is 0.163. The first kappa shape index (κ1) is 38.1. The maximum atomic E-state index is 14.0. The van der Waals surface area contributed by atoms with E-state index in [0.29, 0.717) is 31.1 Å². The van der Waals surface area contributed by atoms with Crippen LogP contribution in [0.2, 0.25) is 0 Å². The lowest BCUT2D eigenvalue weighted by molar-refractivity contribution is -0.175. The number of rotatable bonds is 16. The van der Waals surface area contributed by atoms with Gasteiger partial charge in [0.1, 0.15) is 12.1 Å². The van der Waals surface area contributed by atoms with Gasteiger partial charge >= 0.3 is 12.1 Å². The summed E-state index contributed by atoms with van der Waals surface area (Å²) < 4.78 is 74.9. The summed E-state index contributed by atoms with van der Waals surface area (Å²) in [4.78, 5) is 63.9. The number of esters is 1. The molecule has 1 saturated heterocycles. The van der Waals surface area contributed by atoms with Crippen molar-refractivity contribution in [2.75, 3.05) is 20.2 Å². The number of nitrogens with one attached hydrogen (secondary N) is 3. The molecule has 5 rings (SSSR count). The largest absolute Gasteiger partial charge is 0.469 e. The Balaban J connectivity index is 1.45. The van der Waals surface area contributed by atoms with Gasteiger partial charge in [-0.15, -0.1) is 0 Å². The van der Waals surface area contributed by atoms with Gasteiger partial charge in [0.25, 0.3) is 5.78 Å². The van der Waals surface area contributed by atoms with Crippen LogP contribution < -0.4 is 15.4 Å². The number of hydrogen-bond donors (Lipinski definition) is 3. The molecule has 4 saturated carbocycles. The van der Waals surface area contributed by atoms with Crippen LogP contribution in [0.4, 0.5) is 13.2 Å². The molecule has 0 aromatic heterocycles. The minimum Gasteiger partial charge on any atom is -0.469 e. The smallest absolute Gasteiger partial charge is 0.452 e. The second kappa shape index (κ2) is 15.9. The fourth-order valence-electron chi connectivity index (χ4n) is 8.46. The number of ether oxygens (including phenoxy) is 1. The first-order valence-electron chi connectivity index (χ1n) is 17.1. The van der Waals surface area contributed by atoms with Gasteiger partial charge in [0, 0.05) is 19.5 Å². The number of alkyl halides is 3. The summed E-state index contributed by atoms with van der Waals surface area (Å²) in [5.41, 5.74) is 0. The SMILES string of the molecule is COC(=O)CCC(=O)NCCCC[C@H](NS(=O)(=O)C1C2CC3CC(C2)CC1C3)C(=O)N1CCC[C@H]1C(=O)N[C@H](C(=O)C(F)(F)F)C(C)C. The molecule has 1 aliphatic heterocycles. The van der Waals surface area contributed by atoms with Crippen molar-refractivity contribution >= 4 is 39.5 Å². The zero-order valence-electron chi connectivity index (χ0n) is 27.9. The summed E-state index contributed by atoms with van der Waals surface area (Å²) in [6.07, 6.45) is 0.537. The molecule has 0 spiro atoms. The van der Waals surface area contributed by atoms with Crippen molar-refractivity contribution < 1.29 is 50.3 Å². The third-order valence-corrected chi connectivity index (χ3v) is 12.6. The summed E-state index contributed by atoms with van der Waals surface area (Å²) >= 11 is 0. The summed E-state index contributed by atoms with van der Waals surface area (Å²) in [6.45, 7) is 3.08. The first-order valence-corrected chi connectivity index (χ1v) is 18.6. The van der Waals surface area contributed by atoms with Gasteiger partial charge in [-0.3, -0.25) is 24.0 Å². The van der Waals surface area contributed by atoms with E-state index in [9.17, 15) is 45.6 Å². The van der Waals surface area contributed by atoms with E-state index in [0.717, 1.165) is 32.1 Å². The number of sulfonamides is 1. The average molecular weight is 707 g/mol. The predicted molar refractivity (Wildman–Crippen MR) is 167 cm³/mol. The molecule has 0 radical (unpaired) electrons. The van der Waals surface area contributed by atoms with Crippen LogP contribution in [0.25, 0.3) is 0 Å². The van der Waals surface area contributed by atoms with Gasteiger partial charge in [0.05, 0.1) is 24.8 Å². The fourth-order valence-corrected chi connectivity index (χ4v) is 10.7. The molecule has 48 heavy (non-hydrogen) atoms. The van der Waals surface area contributed by atoms with E-state index >= 15 is 0 Å². The topological polar surface area (TPSA) is 168 Å². The van der Waals surface area contributed by atoms with E-state index in [2.05, 4.69) is 20.1 Å². The van der Waals surface area contributed by atoms with E-state index in [1.165, 1.54) is 25.9 Å². The molecular formula is C32H49F3N4O8S. The fraction of sp³-hybridized carbons (Fsp3) is 0.844. The Morgan fingerprint density at radius 2 is 1.56 bits per heavy atom. The van der Waals surface area contributed by atoms with E-state index in [-0.39, 0.29) is 56.5 Å². The molecule has 3 N–H and O–H groups in total. The molecule has 5 aliphatic rings. The zero-order valence-corrected chi connectivity index (χ0v) is 28.7. The zero-order chi connectivity index (χ0) is 35.4. The summed E-state index contributed by atoms with van der Waals surface area (Å²) in [7, 11) is -2.74. The maximum Gasteiger partial charge on any atom is 0.452 e. The lowest BCUT2D eigenvalue weighted by atomic mass is 9.56. The normalized spacial score (nSPS) is 27.9. The molecule has 272 valence electrons. The predicted octanol–water partition coefficient (Wildman–Crippen LogP) is 2.60. The molecule has 0 aromatic carbocycles. The molecule has 0 unspecified atom stereocenters. The lowest BCUT2D eigenvalue weighted by Crippen LogP contribution is -2.59. The minimum atomic E-state index is -5.16. The highest BCUT2D eigenvalue weighted by molar-refractivity contribution is 7.90. The number of carbonyl (C=O) groups is 5. The molecular weight excluding hydrogens is 657 g/mol. The summed E-state index contributed by atoms with van der Waals surface area (Å²) in [5, 5.41) is 4.27. The number of methoxy groups -OCH3 is 1. The Hall–Kier alpha value is -2.75. The Morgan fingerprint density at radius 1 is 0.938 bits per heavy atom.